The highest BCUT2D eigenvalue weighted by Crippen LogP contribution is 2.14. The molecule has 0 spiro atoms. The SMILES string of the molecule is COc1ccc(/C=C(C)/C=C/C=O)cc1. The lowest BCUT2D eigenvalue weighted by Crippen LogP contribution is -1.81. The van der Waals surface area contributed by atoms with Gasteiger partial charge in [0.05, 0.1) is 7.11 Å². The number of hydrogen-bond acceptors (Lipinski definition) is 2. The van der Waals surface area contributed by atoms with Crippen LogP contribution >= 0.6 is 0 Å². The van der Waals surface area contributed by atoms with E-state index in [4.69, 9.17) is 4.74 Å². The third kappa shape index (κ3) is 3.81. The molecule has 0 heterocycles. The highest BCUT2D eigenvalue weighted by molar-refractivity contribution is 5.67. The van der Waals surface area contributed by atoms with Crippen molar-refractivity contribution in [2.75, 3.05) is 7.11 Å². The maximum Gasteiger partial charge on any atom is 0.142 e. The summed E-state index contributed by atoms with van der Waals surface area (Å²) in [5.74, 6) is 0.841. The van der Waals surface area contributed by atoms with Gasteiger partial charge in [-0.3, -0.25) is 4.79 Å². The molecule has 0 saturated carbocycles. The number of ether oxygens (including phenoxy) is 1. The van der Waals surface area contributed by atoms with Gasteiger partial charge < -0.3 is 4.74 Å². The van der Waals surface area contributed by atoms with Crippen LogP contribution in [0.1, 0.15) is 12.5 Å². The van der Waals surface area contributed by atoms with Crippen molar-refractivity contribution in [3.8, 4) is 5.75 Å². The van der Waals surface area contributed by atoms with E-state index in [0.29, 0.717) is 0 Å². The summed E-state index contributed by atoms with van der Waals surface area (Å²) in [7, 11) is 1.64. The third-order valence-electron chi connectivity index (χ3n) is 1.95. The van der Waals surface area contributed by atoms with Crippen LogP contribution in [0.4, 0.5) is 0 Å². The van der Waals surface area contributed by atoms with Gasteiger partial charge in [0.25, 0.3) is 0 Å². The zero-order valence-corrected chi connectivity index (χ0v) is 8.94. The smallest absolute Gasteiger partial charge is 0.142 e. The van der Waals surface area contributed by atoms with Gasteiger partial charge in [0.1, 0.15) is 12.0 Å². The van der Waals surface area contributed by atoms with Crippen molar-refractivity contribution < 1.29 is 9.53 Å². The van der Waals surface area contributed by atoms with Gasteiger partial charge in [0.15, 0.2) is 0 Å². The highest BCUT2D eigenvalue weighted by atomic mass is 16.5. The molecule has 0 fully saturated rings. The molecule has 0 unspecified atom stereocenters. The first kappa shape index (κ1) is 11.2. The monoisotopic (exact) mass is 202 g/mol. The fraction of sp³-hybridized carbons (Fsp3) is 0.154. The van der Waals surface area contributed by atoms with Gasteiger partial charge in [-0.2, -0.15) is 0 Å². The minimum atomic E-state index is 0.769. The van der Waals surface area contributed by atoms with E-state index < -0.39 is 0 Å². The molecule has 0 aliphatic rings. The molecule has 0 radical (unpaired) electrons. The molecular weight excluding hydrogens is 188 g/mol. The van der Waals surface area contributed by atoms with Crippen LogP contribution in [-0.2, 0) is 4.79 Å². The van der Waals surface area contributed by atoms with E-state index in [1.807, 2.05) is 37.3 Å². The first-order valence-corrected chi connectivity index (χ1v) is 4.70. The second-order valence-electron chi connectivity index (χ2n) is 3.16. The molecule has 0 bridgehead atoms. The molecule has 0 aromatic heterocycles. The van der Waals surface area contributed by atoms with Crippen LogP contribution in [0.5, 0.6) is 5.75 Å². The van der Waals surface area contributed by atoms with Crippen LogP contribution in [0.15, 0.2) is 42.0 Å². The van der Waals surface area contributed by atoms with Crippen LogP contribution in [0, 0.1) is 0 Å². The number of methoxy groups -OCH3 is 1. The topological polar surface area (TPSA) is 26.3 Å². The Kier molecular flexibility index (Phi) is 4.35. The Morgan fingerprint density at radius 3 is 2.47 bits per heavy atom. The van der Waals surface area contributed by atoms with Gasteiger partial charge in [-0.05, 0) is 30.7 Å². The molecule has 0 atom stereocenters. The summed E-state index contributed by atoms with van der Waals surface area (Å²) in [5, 5.41) is 0. The summed E-state index contributed by atoms with van der Waals surface area (Å²) < 4.78 is 5.06. The number of allylic oxidation sites excluding steroid dienone is 3. The second kappa shape index (κ2) is 5.81. The lowest BCUT2D eigenvalue weighted by molar-refractivity contribution is -0.104. The summed E-state index contributed by atoms with van der Waals surface area (Å²) in [5.41, 5.74) is 2.12. The van der Waals surface area contributed by atoms with E-state index in [-0.39, 0.29) is 0 Å². The molecule has 1 aromatic carbocycles. The lowest BCUT2D eigenvalue weighted by atomic mass is 10.1. The Morgan fingerprint density at radius 2 is 1.93 bits per heavy atom. The molecular formula is C13H14O2. The molecule has 0 amide bonds. The van der Waals surface area contributed by atoms with Crippen molar-refractivity contribution in [3.05, 3.63) is 47.6 Å². The van der Waals surface area contributed by atoms with E-state index in [9.17, 15) is 4.79 Å². The van der Waals surface area contributed by atoms with Crippen molar-refractivity contribution >= 4 is 12.4 Å². The van der Waals surface area contributed by atoms with Crippen molar-refractivity contribution in [2.45, 2.75) is 6.92 Å². The van der Waals surface area contributed by atoms with Crippen LogP contribution in [0.25, 0.3) is 6.08 Å². The van der Waals surface area contributed by atoms with Gasteiger partial charge in [0.2, 0.25) is 0 Å². The molecule has 1 rings (SSSR count). The third-order valence-corrected chi connectivity index (χ3v) is 1.95. The van der Waals surface area contributed by atoms with Gasteiger partial charge >= 0.3 is 0 Å². The zero-order valence-electron chi connectivity index (χ0n) is 8.94. The number of hydrogen-bond donors (Lipinski definition) is 0. The van der Waals surface area contributed by atoms with E-state index in [1.165, 1.54) is 6.08 Å². The largest absolute Gasteiger partial charge is 0.497 e. The van der Waals surface area contributed by atoms with Gasteiger partial charge in [0, 0.05) is 0 Å². The average molecular weight is 202 g/mol. The minimum absolute atomic E-state index is 0.769. The quantitative estimate of drug-likeness (QED) is 0.426. The Morgan fingerprint density at radius 1 is 1.27 bits per heavy atom. The van der Waals surface area contributed by atoms with Crippen LogP contribution in [0.2, 0.25) is 0 Å². The van der Waals surface area contributed by atoms with Crippen molar-refractivity contribution in [2.24, 2.45) is 0 Å². The minimum Gasteiger partial charge on any atom is -0.497 e. The summed E-state index contributed by atoms with van der Waals surface area (Å²) in [6, 6.07) is 7.75. The number of aldehydes is 1. The fourth-order valence-corrected chi connectivity index (χ4v) is 1.20. The van der Waals surface area contributed by atoms with Gasteiger partial charge in [-0.15, -0.1) is 0 Å². The first-order valence-electron chi connectivity index (χ1n) is 4.70. The molecule has 2 heteroatoms. The number of benzene rings is 1. The van der Waals surface area contributed by atoms with E-state index >= 15 is 0 Å². The summed E-state index contributed by atoms with van der Waals surface area (Å²) in [4.78, 5) is 10.1. The Hall–Kier alpha value is -1.83. The molecule has 15 heavy (non-hydrogen) atoms. The van der Waals surface area contributed by atoms with E-state index in [0.717, 1.165) is 23.2 Å². The number of rotatable bonds is 4. The lowest BCUT2D eigenvalue weighted by Gasteiger charge is -1.99. The van der Waals surface area contributed by atoms with Crippen molar-refractivity contribution in [3.63, 3.8) is 0 Å². The maximum absolute atomic E-state index is 10.1. The molecule has 1 aromatic rings. The summed E-state index contributed by atoms with van der Waals surface area (Å²) >= 11 is 0. The molecule has 0 aliphatic carbocycles. The number of carbonyl (C=O) groups is 1. The molecule has 2 nitrogen and oxygen atoms in total. The van der Waals surface area contributed by atoms with Crippen molar-refractivity contribution in [1.82, 2.24) is 0 Å². The Balaban J connectivity index is 2.79. The Labute approximate surface area is 89.9 Å². The molecule has 78 valence electrons. The molecule has 0 saturated heterocycles. The summed E-state index contributed by atoms with van der Waals surface area (Å²) in [6.07, 6.45) is 6.03. The fourth-order valence-electron chi connectivity index (χ4n) is 1.20. The van der Waals surface area contributed by atoms with E-state index in [2.05, 4.69) is 0 Å². The zero-order chi connectivity index (χ0) is 11.1. The van der Waals surface area contributed by atoms with Crippen molar-refractivity contribution in [1.29, 1.82) is 0 Å². The van der Waals surface area contributed by atoms with Gasteiger partial charge in [-0.1, -0.05) is 29.9 Å². The maximum atomic E-state index is 10.1. The van der Waals surface area contributed by atoms with E-state index in [1.54, 1.807) is 13.2 Å². The average Bonchev–Trinajstić information content (AvgIpc) is 2.27. The van der Waals surface area contributed by atoms with Crippen LogP contribution in [0.3, 0.4) is 0 Å². The molecule has 0 N–H and O–H groups in total. The second-order valence-corrected chi connectivity index (χ2v) is 3.16. The van der Waals surface area contributed by atoms with Gasteiger partial charge in [-0.25, -0.2) is 0 Å². The number of carbonyl (C=O) groups excluding carboxylic acids is 1. The standard InChI is InChI=1S/C13H14O2/c1-11(4-3-9-14)10-12-5-7-13(15-2)8-6-12/h3-10H,1-2H3/b4-3+,11-10+. The first-order chi connectivity index (χ1) is 7.26. The summed E-state index contributed by atoms with van der Waals surface area (Å²) in [6.45, 7) is 1.95. The highest BCUT2D eigenvalue weighted by Gasteiger charge is 1.90. The van der Waals surface area contributed by atoms with Crippen LogP contribution < -0.4 is 4.74 Å². The molecule has 0 aliphatic heterocycles. The normalized spacial score (nSPS) is 11.7. The predicted molar refractivity (Wildman–Crippen MR) is 61.8 cm³/mol. The Bertz CT molecular complexity index is 372. The predicted octanol–water partition coefficient (Wildman–Crippen LogP) is 2.85. The van der Waals surface area contributed by atoms with Crippen LogP contribution in [-0.4, -0.2) is 13.4 Å².